The van der Waals surface area contributed by atoms with Gasteiger partial charge in [-0.25, -0.2) is 0 Å². The Labute approximate surface area is 111 Å². The summed E-state index contributed by atoms with van der Waals surface area (Å²) < 4.78 is 5.10. The van der Waals surface area contributed by atoms with Crippen molar-refractivity contribution in [3.05, 3.63) is 54.0 Å². The number of hydrogen-bond donors (Lipinski definition) is 2. The Balaban J connectivity index is 1.86. The van der Waals surface area contributed by atoms with Crippen molar-refractivity contribution in [2.24, 2.45) is 5.10 Å². The van der Waals surface area contributed by atoms with Crippen LogP contribution < -0.4 is 10.7 Å². The Morgan fingerprint density at radius 1 is 1.33 bits per heavy atom. The summed E-state index contributed by atoms with van der Waals surface area (Å²) in [6.07, 6.45) is 3.15. The van der Waals surface area contributed by atoms with E-state index in [-0.39, 0.29) is 0 Å². The second-order valence-electron chi connectivity index (χ2n) is 3.71. The van der Waals surface area contributed by atoms with Gasteiger partial charge in [-0.15, -0.1) is 0 Å². The summed E-state index contributed by atoms with van der Waals surface area (Å²) in [5.41, 5.74) is 4.82. The van der Waals surface area contributed by atoms with Crippen molar-refractivity contribution in [1.82, 2.24) is 5.43 Å². The number of hydrazone groups is 1. The summed E-state index contributed by atoms with van der Waals surface area (Å²) in [5.74, 6) is 0.667. The minimum Gasteiger partial charge on any atom is -0.463 e. The molecule has 0 saturated heterocycles. The molecule has 0 spiro atoms. The number of furan rings is 1. The first-order valence-electron chi connectivity index (χ1n) is 5.44. The van der Waals surface area contributed by atoms with Crippen molar-refractivity contribution >= 4 is 29.2 Å². The molecule has 92 valence electrons. The third-order valence-corrected chi connectivity index (χ3v) is 2.37. The van der Waals surface area contributed by atoms with Gasteiger partial charge in [0.05, 0.1) is 12.5 Å². The van der Waals surface area contributed by atoms with E-state index < -0.39 is 0 Å². The third kappa shape index (κ3) is 3.71. The molecule has 0 bridgehead atoms. The average Bonchev–Trinajstić information content (AvgIpc) is 2.82. The lowest BCUT2D eigenvalue weighted by atomic mass is 10.2. The largest absolute Gasteiger partial charge is 0.463 e. The summed E-state index contributed by atoms with van der Waals surface area (Å²) in [5, 5.41) is 7.43. The van der Waals surface area contributed by atoms with Crippen LogP contribution >= 0.6 is 12.2 Å². The molecule has 1 aromatic heterocycles. The van der Waals surface area contributed by atoms with Gasteiger partial charge < -0.3 is 9.73 Å². The Hall–Kier alpha value is -2.14. The number of thiocarbonyl (C=S) groups is 1. The van der Waals surface area contributed by atoms with Crippen molar-refractivity contribution in [2.75, 3.05) is 5.32 Å². The fraction of sp³-hybridized carbons (Fsp3) is 0.0769. The molecule has 0 saturated carbocycles. The van der Waals surface area contributed by atoms with Crippen molar-refractivity contribution in [1.29, 1.82) is 0 Å². The molecule has 0 amide bonds. The molecule has 0 aliphatic rings. The minimum atomic E-state index is 0.434. The topological polar surface area (TPSA) is 49.6 Å². The normalized spacial score (nSPS) is 10.5. The van der Waals surface area contributed by atoms with E-state index in [0.717, 1.165) is 5.69 Å². The van der Waals surface area contributed by atoms with Crippen molar-refractivity contribution in [3.63, 3.8) is 0 Å². The zero-order valence-corrected chi connectivity index (χ0v) is 10.7. The number of anilines is 1. The summed E-state index contributed by atoms with van der Waals surface area (Å²) in [6, 6.07) is 11.5. The SMILES string of the molecule is Cc1cccc(NC(=S)N/N=C/c2ccco2)c1. The summed E-state index contributed by atoms with van der Waals surface area (Å²) in [7, 11) is 0. The second-order valence-corrected chi connectivity index (χ2v) is 4.12. The molecule has 0 atom stereocenters. The minimum absolute atomic E-state index is 0.434. The van der Waals surface area contributed by atoms with Crippen LogP contribution in [-0.2, 0) is 0 Å². The van der Waals surface area contributed by atoms with Crippen LogP contribution in [-0.4, -0.2) is 11.3 Å². The number of nitrogens with zero attached hydrogens (tertiary/aromatic N) is 1. The van der Waals surface area contributed by atoms with Crippen LogP contribution in [0, 0.1) is 6.92 Å². The maximum absolute atomic E-state index is 5.11. The molecule has 2 aromatic rings. The van der Waals surface area contributed by atoms with E-state index in [0.29, 0.717) is 10.9 Å². The fourth-order valence-electron chi connectivity index (χ4n) is 1.40. The molecule has 0 fully saturated rings. The van der Waals surface area contributed by atoms with E-state index in [1.54, 1.807) is 18.5 Å². The molecule has 0 unspecified atom stereocenters. The standard InChI is InChI=1S/C13H13N3OS/c1-10-4-2-5-11(8-10)15-13(18)16-14-9-12-6-3-7-17-12/h2-9H,1H3,(H2,15,16,18)/b14-9+. The van der Waals surface area contributed by atoms with Crippen LogP contribution in [0.3, 0.4) is 0 Å². The van der Waals surface area contributed by atoms with Crippen molar-refractivity contribution in [2.45, 2.75) is 6.92 Å². The van der Waals surface area contributed by atoms with Crippen LogP contribution in [0.1, 0.15) is 11.3 Å². The van der Waals surface area contributed by atoms with Crippen LogP contribution in [0.15, 0.2) is 52.2 Å². The lowest BCUT2D eigenvalue weighted by Crippen LogP contribution is -2.23. The first kappa shape index (κ1) is 12.3. The van der Waals surface area contributed by atoms with Gasteiger partial charge in [-0.2, -0.15) is 5.10 Å². The fourth-order valence-corrected chi connectivity index (χ4v) is 1.57. The Morgan fingerprint density at radius 3 is 2.94 bits per heavy atom. The highest BCUT2D eigenvalue weighted by molar-refractivity contribution is 7.80. The van der Waals surface area contributed by atoms with Gasteiger partial charge in [0.1, 0.15) is 5.76 Å². The van der Waals surface area contributed by atoms with Gasteiger partial charge >= 0.3 is 0 Å². The molecular weight excluding hydrogens is 246 g/mol. The number of benzene rings is 1. The van der Waals surface area contributed by atoms with E-state index in [2.05, 4.69) is 15.8 Å². The number of aryl methyl sites for hydroxylation is 1. The predicted octanol–water partition coefficient (Wildman–Crippen LogP) is 2.91. The first-order valence-corrected chi connectivity index (χ1v) is 5.85. The molecule has 0 aliphatic heterocycles. The van der Waals surface area contributed by atoms with E-state index in [9.17, 15) is 0 Å². The molecule has 2 rings (SSSR count). The summed E-state index contributed by atoms with van der Waals surface area (Å²) >= 11 is 5.11. The maximum Gasteiger partial charge on any atom is 0.191 e. The zero-order valence-electron chi connectivity index (χ0n) is 9.88. The average molecular weight is 259 g/mol. The van der Waals surface area contributed by atoms with Gasteiger partial charge in [0.2, 0.25) is 0 Å². The van der Waals surface area contributed by atoms with Crippen LogP contribution in [0.2, 0.25) is 0 Å². The second kappa shape index (κ2) is 5.97. The quantitative estimate of drug-likeness (QED) is 0.505. The molecule has 0 radical (unpaired) electrons. The van der Waals surface area contributed by atoms with Gasteiger partial charge in [0, 0.05) is 5.69 Å². The van der Waals surface area contributed by atoms with Gasteiger partial charge in [0.25, 0.3) is 0 Å². The van der Waals surface area contributed by atoms with Gasteiger partial charge in [-0.05, 0) is 49.0 Å². The monoisotopic (exact) mass is 259 g/mol. The number of nitrogens with one attached hydrogen (secondary N) is 2. The summed E-state index contributed by atoms with van der Waals surface area (Å²) in [6.45, 7) is 2.02. The summed E-state index contributed by atoms with van der Waals surface area (Å²) in [4.78, 5) is 0. The maximum atomic E-state index is 5.11. The lowest BCUT2D eigenvalue weighted by molar-refractivity contribution is 0.560. The molecule has 1 heterocycles. The van der Waals surface area contributed by atoms with Crippen LogP contribution in [0.5, 0.6) is 0 Å². The Kier molecular flexibility index (Phi) is 4.09. The molecular formula is C13H13N3OS. The van der Waals surface area contributed by atoms with Crippen LogP contribution in [0.25, 0.3) is 0 Å². The van der Waals surface area contributed by atoms with E-state index in [4.69, 9.17) is 16.6 Å². The molecule has 18 heavy (non-hydrogen) atoms. The highest BCUT2D eigenvalue weighted by atomic mass is 32.1. The lowest BCUT2D eigenvalue weighted by Gasteiger charge is -2.07. The highest BCUT2D eigenvalue weighted by Crippen LogP contribution is 2.08. The Morgan fingerprint density at radius 2 is 2.22 bits per heavy atom. The molecule has 4 nitrogen and oxygen atoms in total. The Bertz CT molecular complexity index is 549. The molecule has 1 aromatic carbocycles. The zero-order chi connectivity index (χ0) is 12.8. The molecule has 2 N–H and O–H groups in total. The van der Waals surface area contributed by atoms with E-state index in [1.165, 1.54) is 5.56 Å². The molecule has 0 aliphatic carbocycles. The van der Waals surface area contributed by atoms with Crippen molar-refractivity contribution in [3.8, 4) is 0 Å². The highest BCUT2D eigenvalue weighted by Gasteiger charge is 1.96. The van der Waals surface area contributed by atoms with Crippen molar-refractivity contribution < 1.29 is 4.42 Å². The van der Waals surface area contributed by atoms with E-state index >= 15 is 0 Å². The van der Waals surface area contributed by atoms with Gasteiger partial charge in [-0.1, -0.05) is 12.1 Å². The van der Waals surface area contributed by atoms with Gasteiger partial charge in [-0.3, -0.25) is 5.43 Å². The van der Waals surface area contributed by atoms with Crippen LogP contribution in [0.4, 0.5) is 5.69 Å². The third-order valence-electron chi connectivity index (χ3n) is 2.18. The smallest absolute Gasteiger partial charge is 0.191 e. The number of hydrogen-bond acceptors (Lipinski definition) is 3. The predicted molar refractivity (Wildman–Crippen MR) is 76.8 cm³/mol. The molecule has 5 heteroatoms. The van der Waals surface area contributed by atoms with Gasteiger partial charge in [0.15, 0.2) is 5.11 Å². The van der Waals surface area contributed by atoms with E-state index in [1.807, 2.05) is 37.3 Å². The first-order chi connectivity index (χ1) is 8.74. The number of rotatable bonds is 3.